The average Bonchev–Trinajstić information content (AvgIpc) is 2.77. The minimum absolute atomic E-state index is 0.232. The van der Waals surface area contributed by atoms with Crippen LogP contribution in [0.2, 0.25) is 0 Å². The molecule has 4 aliphatic rings. The minimum atomic E-state index is -0.232. The van der Waals surface area contributed by atoms with Crippen molar-refractivity contribution in [2.45, 2.75) is 77.4 Å². The molecule has 0 radical (unpaired) electrons. The van der Waals surface area contributed by atoms with Crippen LogP contribution >= 0.6 is 0 Å². The first-order valence-electron chi connectivity index (χ1n) is 12.5. The molecule has 31 heavy (non-hydrogen) atoms. The molecule has 0 amide bonds. The molecule has 0 aliphatic heterocycles. The van der Waals surface area contributed by atoms with Crippen LogP contribution in [0.3, 0.4) is 0 Å². The molecule has 2 aromatic carbocycles. The standard InChI is InChI=1S/C29H38O2/c1-3-21(2)26-9-11-27(12-10-26)31-28(16-22-7-5-4-6-8-22)30-20-29-17-23-13-24(18-29)15-25(14-23)19-29/h4-12,21,23-25,28H,3,13-20H2,1-2H3. The Morgan fingerprint density at radius 1 is 0.871 bits per heavy atom. The van der Waals surface area contributed by atoms with Crippen LogP contribution < -0.4 is 4.74 Å². The summed E-state index contributed by atoms with van der Waals surface area (Å²) in [5.41, 5.74) is 3.06. The second-order valence-corrected chi connectivity index (χ2v) is 10.8. The monoisotopic (exact) mass is 418 g/mol. The first-order valence-corrected chi connectivity index (χ1v) is 12.5. The van der Waals surface area contributed by atoms with Crippen molar-refractivity contribution in [1.29, 1.82) is 0 Å². The van der Waals surface area contributed by atoms with E-state index < -0.39 is 0 Å². The van der Waals surface area contributed by atoms with E-state index in [9.17, 15) is 0 Å². The van der Waals surface area contributed by atoms with E-state index >= 15 is 0 Å². The van der Waals surface area contributed by atoms with E-state index in [-0.39, 0.29) is 6.29 Å². The Hall–Kier alpha value is -1.80. The molecule has 0 heterocycles. The molecule has 0 N–H and O–H groups in total. The Morgan fingerprint density at radius 3 is 2.06 bits per heavy atom. The van der Waals surface area contributed by atoms with Gasteiger partial charge in [-0.3, -0.25) is 0 Å². The molecule has 2 nitrogen and oxygen atoms in total. The van der Waals surface area contributed by atoms with Gasteiger partial charge < -0.3 is 9.47 Å². The SMILES string of the molecule is CCC(C)c1ccc(OC(Cc2ccccc2)OCC23CC4CC(CC(C4)C2)C3)cc1. The second kappa shape index (κ2) is 8.98. The molecular weight excluding hydrogens is 380 g/mol. The van der Waals surface area contributed by atoms with E-state index in [1.54, 1.807) is 0 Å². The summed E-state index contributed by atoms with van der Waals surface area (Å²) in [6.07, 6.45) is 10.3. The van der Waals surface area contributed by atoms with E-state index in [0.29, 0.717) is 11.3 Å². The molecule has 2 unspecified atom stereocenters. The highest BCUT2D eigenvalue weighted by Crippen LogP contribution is 2.60. The van der Waals surface area contributed by atoms with Gasteiger partial charge in [-0.2, -0.15) is 0 Å². The second-order valence-electron chi connectivity index (χ2n) is 10.8. The van der Waals surface area contributed by atoms with Gasteiger partial charge >= 0.3 is 0 Å². The van der Waals surface area contributed by atoms with Crippen LogP contribution in [0.1, 0.15) is 75.8 Å². The Balaban J connectivity index is 1.28. The van der Waals surface area contributed by atoms with Crippen molar-refractivity contribution in [2.24, 2.45) is 23.2 Å². The quantitative estimate of drug-likeness (QED) is 0.395. The van der Waals surface area contributed by atoms with Gasteiger partial charge in [0.15, 0.2) is 0 Å². The molecule has 166 valence electrons. The zero-order valence-corrected chi connectivity index (χ0v) is 19.3. The van der Waals surface area contributed by atoms with Gasteiger partial charge in [-0.15, -0.1) is 0 Å². The van der Waals surface area contributed by atoms with Crippen LogP contribution in [0.15, 0.2) is 54.6 Å². The van der Waals surface area contributed by atoms with E-state index in [1.165, 1.54) is 49.7 Å². The van der Waals surface area contributed by atoms with Crippen molar-refractivity contribution in [3.05, 3.63) is 65.7 Å². The Bertz CT molecular complexity index is 806. The van der Waals surface area contributed by atoms with Crippen LogP contribution in [0.4, 0.5) is 0 Å². The maximum absolute atomic E-state index is 6.61. The zero-order chi connectivity index (χ0) is 21.3. The average molecular weight is 419 g/mol. The molecule has 2 atom stereocenters. The summed E-state index contributed by atoms with van der Waals surface area (Å²) < 4.78 is 13.0. The van der Waals surface area contributed by atoms with Crippen LogP contribution in [0.5, 0.6) is 5.75 Å². The minimum Gasteiger partial charge on any atom is -0.465 e. The van der Waals surface area contributed by atoms with Crippen molar-refractivity contribution < 1.29 is 9.47 Å². The first-order chi connectivity index (χ1) is 15.1. The lowest BCUT2D eigenvalue weighted by molar-refractivity contribution is -0.152. The fourth-order valence-electron chi connectivity index (χ4n) is 6.94. The summed E-state index contributed by atoms with van der Waals surface area (Å²) in [5, 5.41) is 0. The van der Waals surface area contributed by atoms with Crippen LogP contribution in [-0.2, 0) is 11.2 Å². The summed E-state index contributed by atoms with van der Waals surface area (Å²) in [6.45, 7) is 5.38. The lowest BCUT2D eigenvalue weighted by atomic mass is 9.50. The maximum atomic E-state index is 6.61. The largest absolute Gasteiger partial charge is 0.465 e. The highest BCUT2D eigenvalue weighted by atomic mass is 16.7. The molecule has 0 aromatic heterocycles. The third-order valence-electron chi connectivity index (χ3n) is 8.31. The fourth-order valence-corrected chi connectivity index (χ4v) is 6.94. The van der Waals surface area contributed by atoms with Crippen molar-refractivity contribution in [3.8, 4) is 5.75 Å². The predicted molar refractivity (Wildman–Crippen MR) is 126 cm³/mol. The van der Waals surface area contributed by atoms with Crippen molar-refractivity contribution in [3.63, 3.8) is 0 Å². The van der Waals surface area contributed by atoms with Crippen LogP contribution in [0.25, 0.3) is 0 Å². The summed E-state index contributed by atoms with van der Waals surface area (Å²) >= 11 is 0. The predicted octanol–water partition coefficient (Wildman–Crippen LogP) is 7.38. The fraction of sp³-hybridized carbons (Fsp3) is 0.586. The third-order valence-corrected chi connectivity index (χ3v) is 8.31. The summed E-state index contributed by atoms with van der Waals surface area (Å²) in [5.74, 6) is 4.37. The van der Waals surface area contributed by atoms with Gasteiger partial charge in [0, 0.05) is 6.42 Å². The van der Waals surface area contributed by atoms with Gasteiger partial charge in [0.05, 0.1) is 6.61 Å². The molecule has 2 heteroatoms. The highest BCUT2D eigenvalue weighted by Gasteiger charge is 2.51. The molecule has 4 bridgehead atoms. The summed E-state index contributed by atoms with van der Waals surface area (Å²) in [6, 6.07) is 19.3. The normalized spacial score (nSPS) is 30.8. The van der Waals surface area contributed by atoms with E-state index in [4.69, 9.17) is 9.47 Å². The molecule has 2 aromatic rings. The van der Waals surface area contributed by atoms with Crippen LogP contribution in [-0.4, -0.2) is 12.9 Å². The highest BCUT2D eigenvalue weighted by molar-refractivity contribution is 5.29. The molecule has 4 saturated carbocycles. The van der Waals surface area contributed by atoms with Crippen molar-refractivity contribution in [1.82, 2.24) is 0 Å². The molecule has 6 rings (SSSR count). The number of hydrogen-bond acceptors (Lipinski definition) is 2. The Morgan fingerprint density at radius 2 is 1.48 bits per heavy atom. The van der Waals surface area contributed by atoms with Gasteiger partial charge in [0.1, 0.15) is 5.75 Å². The topological polar surface area (TPSA) is 18.5 Å². The maximum Gasteiger partial charge on any atom is 0.203 e. The van der Waals surface area contributed by atoms with E-state index in [0.717, 1.165) is 43.0 Å². The lowest BCUT2D eigenvalue weighted by Crippen LogP contribution is -2.49. The smallest absolute Gasteiger partial charge is 0.203 e. The zero-order valence-electron chi connectivity index (χ0n) is 19.3. The summed E-state index contributed by atoms with van der Waals surface area (Å²) in [7, 11) is 0. The molecule has 0 saturated heterocycles. The Kier molecular flexibility index (Phi) is 6.10. The number of benzene rings is 2. The van der Waals surface area contributed by atoms with Crippen molar-refractivity contribution in [2.75, 3.05) is 6.61 Å². The van der Waals surface area contributed by atoms with Crippen LogP contribution in [0, 0.1) is 23.2 Å². The van der Waals surface area contributed by atoms with E-state index in [1.807, 2.05) is 0 Å². The third kappa shape index (κ3) is 4.85. The number of rotatable bonds is 9. The molecular formula is C29H38O2. The summed E-state index contributed by atoms with van der Waals surface area (Å²) in [4.78, 5) is 0. The van der Waals surface area contributed by atoms with Gasteiger partial charge in [-0.05, 0) is 97.3 Å². The first kappa shape index (κ1) is 21.1. The van der Waals surface area contributed by atoms with Crippen molar-refractivity contribution >= 4 is 0 Å². The molecule has 4 fully saturated rings. The van der Waals surface area contributed by atoms with Gasteiger partial charge in [-0.1, -0.05) is 56.3 Å². The lowest BCUT2D eigenvalue weighted by Gasteiger charge is -2.56. The van der Waals surface area contributed by atoms with Gasteiger partial charge in [0.2, 0.25) is 6.29 Å². The Labute approximate surface area is 188 Å². The van der Waals surface area contributed by atoms with Gasteiger partial charge in [0.25, 0.3) is 0 Å². The number of ether oxygens (including phenoxy) is 2. The van der Waals surface area contributed by atoms with E-state index in [2.05, 4.69) is 68.4 Å². The molecule has 4 aliphatic carbocycles. The molecule has 0 spiro atoms. The van der Waals surface area contributed by atoms with Gasteiger partial charge in [-0.25, -0.2) is 0 Å². The number of hydrogen-bond donors (Lipinski definition) is 0.